The summed E-state index contributed by atoms with van der Waals surface area (Å²) in [6.07, 6.45) is 5.49. The Kier molecular flexibility index (Phi) is 5.39. The molecule has 4 aromatic rings. The minimum atomic E-state index is -0.314. The van der Waals surface area contributed by atoms with E-state index in [1.54, 1.807) is 12.5 Å². The summed E-state index contributed by atoms with van der Waals surface area (Å²) in [5.41, 5.74) is 1.23. The third-order valence-electron chi connectivity index (χ3n) is 4.91. The van der Waals surface area contributed by atoms with Crippen LogP contribution < -0.4 is 4.74 Å². The third-order valence-corrected chi connectivity index (χ3v) is 4.91. The van der Waals surface area contributed by atoms with Gasteiger partial charge in [-0.25, -0.2) is 4.98 Å². The van der Waals surface area contributed by atoms with Crippen molar-refractivity contribution in [2.75, 3.05) is 0 Å². The van der Waals surface area contributed by atoms with E-state index in [2.05, 4.69) is 31.0 Å². The van der Waals surface area contributed by atoms with Crippen molar-refractivity contribution in [1.29, 1.82) is 5.26 Å². The number of halogens is 1. The average molecular weight is 390 g/mol. The number of imidazole rings is 1. The van der Waals surface area contributed by atoms with Gasteiger partial charge in [0.2, 0.25) is 0 Å². The molecule has 0 amide bonds. The van der Waals surface area contributed by atoms with E-state index in [0.717, 1.165) is 16.3 Å². The van der Waals surface area contributed by atoms with Crippen LogP contribution >= 0.6 is 12.4 Å². The molecule has 140 valence electrons. The highest BCUT2D eigenvalue weighted by Gasteiger charge is 2.23. The Morgan fingerprint density at radius 1 is 1.00 bits per heavy atom. The van der Waals surface area contributed by atoms with Crippen LogP contribution in [0.25, 0.3) is 10.8 Å². The lowest BCUT2D eigenvalue weighted by Crippen LogP contribution is -2.26. The molecule has 4 rings (SSSR count). The van der Waals surface area contributed by atoms with Gasteiger partial charge in [0.05, 0.1) is 17.4 Å². The molecule has 1 heterocycles. The van der Waals surface area contributed by atoms with Crippen molar-refractivity contribution in [2.24, 2.45) is 0 Å². The molecule has 0 bridgehead atoms. The quantitative estimate of drug-likeness (QED) is 0.436. The molecule has 0 N–H and O–H groups in total. The summed E-state index contributed by atoms with van der Waals surface area (Å²) in [6.45, 7) is 4.21. The van der Waals surface area contributed by atoms with Crippen molar-refractivity contribution in [3.63, 3.8) is 0 Å². The molecule has 0 saturated heterocycles. The second-order valence-corrected chi connectivity index (χ2v) is 6.96. The summed E-state index contributed by atoms with van der Waals surface area (Å²) < 4.78 is 8.15. The van der Waals surface area contributed by atoms with E-state index in [0.29, 0.717) is 17.1 Å². The number of ether oxygens (including phenoxy) is 1. The van der Waals surface area contributed by atoms with E-state index in [-0.39, 0.29) is 17.9 Å². The molecule has 5 heteroatoms. The van der Waals surface area contributed by atoms with Crippen LogP contribution in [0.4, 0.5) is 0 Å². The zero-order valence-corrected chi connectivity index (χ0v) is 16.5. The minimum Gasteiger partial charge on any atom is -0.456 e. The smallest absolute Gasteiger partial charge is 0.145 e. The van der Waals surface area contributed by atoms with Crippen molar-refractivity contribution in [3.8, 4) is 17.6 Å². The minimum absolute atomic E-state index is 0. The van der Waals surface area contributed by atoms with Gasteiger partial charge in [0, 0.05) is 12.4 Å². The molecule has 3 aromatic carbocycles. The number of hydrogen-bond acceptors (Lipinski definition) is 3. The monoisotopic (exact) mass is 389 g/mol. The molecule has 4 nitrogen and oxygen atoms in total. The Morgan fingerprint density at radius 2 is 1.79 bits per heavy atom. The zero-order valence-electron chi connectivity index (χ0n) is 15.7. The van der Waals surface area contributed by atoms with Crippen LogP contribution in [0, 0.1) is 11.3 Å². The van der Waals surface area contributed by atoms with E-state index in [4.69, 9.17) is 4.74 Å². The summed E-state index contributed by atoms with van der Waals surface area (Å²) in [6, 6.07) is 22.0. The van der Waals surface area contributed by atoms with E-state index in [1.165, 1.54) is 0 Å². The Hall–Kier alpha value is -3.29. The third kappa shape index (κ3) is 3.58. The predicted octanol–water partition coefficient (Wildman–Crippen LogP) is 5.91. The first-order valence-corrected chi connectivity index (χ1v) is 8.78. The van der Waals surface area contributed by atoms with Gasteiger partial charge < -0.3 is 9.30 Å². The molecule has 28 heavy (non-hydrogen) atoms. The SMILES string of the molecule is CC(C)(c1ccc(C#N)c(Oc2ccc3ccccc3c2)c1)n1ccnc1.Cl. The fourth-order valence-electron chi connectivity index (χ4n) is 3.18. The normalized spacial score (nSPS) is 10.9. The second kappa shape index (κ2) is 7.75. The second-order valence-electron chi connectivity index (χ2n) is 6.96. The maximum atomic E-state index is 9.50. The summed E-state index contributed by atoms with van der Waals surface area (Å²) >= 11 is 0. The first-order valence-electron chi connectivity index (χ1n) is 8.78. The molecule has 0 fully saturated rings. The van der Waals surface area contributed by atoms with Crippen LogP contribution in [0.3, 0.4) is 0 Å². The van der Waals surface area contributed by atoms with Crippen LogP contribution in [0.2, 0.25) is 0 Å². The zero-order chi connectivity index (χ0) is 18.9. The number of benzene rings is 3. The van der Waals surface area contributed by atoms with Gasteiger partial charge in [0.25, 0.3) is 0 Å². The van der Waals surface area contributed by atoms with Crippen molar-refractivity contribution in [2.45, 2.75) is 19.4 Å². The highest BCUT2D eigenvalue weighted by atomic mass is 35.5. The van der Waals surface area contributed by atoms with E-state index < -0.39 is 0 Å². The molecule has 0 aliphatic rings. The highest BCUT2D eigenvalue weighted by Crippen LogP contribution is 2.33. The topological polar surface area (TPSA) is 50.8 Å². The first-order chi connectivity index (χ1) is 13.1. The van der Waals surface area contributed by atoms with Gasteiger partial charge in [0.15, 0.2) is 0 Å². The van der Waals surface area contributed by atoms with Gasteiger partial charge in [0.1, 0.15) is 17.6 Å². The number of rotatable bonds is 4. The van der Waals surface area contributed by atoms with Gasteiger partial charge in [-0.2, -0.15) is 5.26 Å². The summed E-state index contributed by atoms with van der Waals surface area (Å²) in [5.74, 6) is 1.27. The van der Waals surface area contributed by atoms with Gasteiger partial charge in [-0.05, 0) is 54.4 Å². The van der Waals surface area contributed by atoms with Gasteiger partial charge in [-0.15, -0.1) is 12.4 Å². The van der Waals surface area contributed by atoms with E-state index in [1.807, 2.05) is 65.4 Å². The van der Waals surface area contributed by atoms with E-state index >= 15 is 0 Å². The summed E-state index contributed by atoms with van der Waals surface area (Å²) in [4.78, 5) is 4.15. The highest BCUT2D eigenvalue weighted by molar-refractivity contribution is 5.85. The number of aromatic nitrogens is 2. The lowest BCUT2D eigenvalue weighted by molar-refractivity contribution is 0.429. The predicted molar refractivity (Wildman–Crippen MR) is 113 cm³/mol. The molecule has 0 aliphatic heterocycles. The Balaban J connectivity index is 0.00000225. The molecule has 0 aliphatic carbocycles. The van der Waals surface area contributed by atoms with Crippen molar-refractivity contribution < 1.29 is 4.74 Å². The lowest BCUT2D eigenvalue weighted by Gasteiger charge is -2.27. The molecular formula is C23H20ClN3O. The van der Waals surface area contributed by atoms with Crippen molar-refractivity contribution in [3.05, 3.63) is 90.5 Å². The number of nitrogens with zero attached hydrogens (tertiary/aromatic N) is 3. The average Bonchev–Trinajstić information content (AvgIpc) is 3.23. The molecule has 0 unspecified atom stereocenters. The molecular weight excluding hydrogens is 370 g/mol. The molecule has 0 radical (unpaired) electrons. The van der Waals surface area contributed by atoms with Crippen LogP contribution in [0.1, 0.15) is 25.0 Å². The Labute approximate surface area is 170 Å². The van der Waals surface area contributed by atoms with E-state index in [9.17, 15) is 5.26 Å². The van der Waals surface area contributed by atoms with Crippen LogP contribution in [-0.2, 0) is 5.54 Å². The molecule has 1 aromatic heterocycles. The molecule has 0 atom stereocenters. The Bertz CT molecular complexity index is 1140. The van der Waals surface area contributed by atoms with Crippen LogP contribution in [-0.4, -0.2) is 9.55 Å². The van der Waals surface area contributed by atoms with Gasteiger partial charge >= 0.3 is 0 Å². The maximum absolute atomic E-state index is 9.50. The van der Waals surface area contributed by atoms with Crippen LogP contribution in [0.15, 0.2) is 79.4 Å². The largest absolute Gasteiger partial charge is 0.456 e. The lowest BCUT2D eigenvalue weighted by atomic mass is 9.93. The summed E-state index contributed by atoms with van der Waals surface area (Å²) in [5, 5.41) is 11.8. The molecule has 0 saturated carbocycles. The number of fused-ring (bicyclic) bond motifs is 1. The maximum Gasteiger partial charge on any atom is 0.145 e. The van der Waals surface area contributed by atoms with Crippen molar-refractivity contribution >= 4 is 23.2 Å². The summed E-state index contributed by atoms with van der Waals surface area (Å²) in [7, 11) is 0. The van der Waals surface area contributed by atoms with Gasteiger partial charge in [-0.3, -0.25) is 0 Å². The number of nitriles is 1. The fourth-order valence-corrected chi connectivity index (χ4v) is 3.18. The Morgan fingerprint density at radius 3 is 2.50 bits per heavy atom. The number of hydrogen-bond donors (Lipinski definition) is 0. The standard InChI is InChI=1S/C23H19N3O.ClH/c1-23(2,26-12-11-25-16-26)20-9-7-19(15-24)22(14-20)27-21-10-8-17-5-3-4-6-18(17)13-21;/h3-14,16H,1-2H3;1H. The molecule has 0 spiro atoms. The van der Waals surface area contributed by atoms with Crippen LogP contribution in [0.5, 0.6) is 11.5 Å². The van der Waals surface area contributed by atoms with Crippen molar-refractivity contribution in [1.82, 2.24) is 9.55 Å². The van der Waals surface area contributed by atoms with Gasteiger partial charge in [-0.1, -0.05) is 36.4 Å². The first kappa shape index (κ1) is 19.5. The fraction of sp³-hybridized carbons (Fsp3) is 0.130.